The Kier molecular flexibility index (Phi) is 4.14. The summed E-state index contributed by atoms with van der Waals surface area (Å²) < 4.78 is 36.1. The van der Waals surface area contributed by atoms with Gasteiger partial charge < -0.3 is 10.4 Å². The van der Waals surface area contributed by atoms with Crippen molar-refractivity contribution in [3.8, 4) is 0 Å². The Morgan fingerprint density at radius 3 is 2.41 bits per heavy atom. The van der Waals surface area contributed by atoms with Crippen LogP contribution in [0.25, 0.3) is 0 Å². The van der Waals surface area contributed by atoms with E-state index >= 15 is 0 Å². The molecular weight excluding hydrogens is 239 g/mol. The molecule has 17 heavy (non-hydrogen) atoms. The molecule has 0 aromatic carbocycles. The summed E-state index contributed by atoms with van der Waals surface area (Å²) >= 11 is 0. The molecule has 2 unspecified atom stereocenters. The van der Waals surface area contributed by atoms with E-state index in [0.717, 1.165) is 0 Å². The largest absolute Gasteiger partial charge is 0.480 e. The van der Waals surface area contributed by atoms with Gasteiger partial charge in [0.1, 0.15) is 6.04 Å². The highest BCUT2D eigenvalue weighted by molar-refractivity contribution is 5.87. The fourth-order valence-corrected chi connectivity index (χ4v) is 1.72. The van der Waals surface area contributed by atoms with Gasteiger partial charge in [-0.25, -0.2) is 4.79 Å². The third-order valence-electron chi connectivity index (χ3n) is 2.59. The fraction of sp³-hybridized carbons (Fsp3) is 0.600. The van der Waals surface area contributed by atoms with Crippen molar-refractivity contribution in [2.24, 2.45) is 5.92 Å². The van der Waals surface area contributed by atoms with Crippen molar-refractivity contribution >= 4 is 11.9 Å². The smallest absolute Gasteiger partial charge is 0.471 e. The maximum Gasteiger partial charge on any atom is 0.471 e. The van der Waals surface area contributed by atoms with Crippen LogP contribution in [-0.4, -0.2) is 29.2 Å². The van der Waals surface area contributed by atoms with Crippen LogP contribution in [0.3, 0.4) is 0 Å². The molecule has 1 aliphatic rings. The molecule has 0 saturated heterocycles. The molecule has 2 N–H and O–H groups in total. The molecule has 0 aromatic rings. The van der Waals surface area contributed by atoms with Crippen molar-refractivity contribution in [3.05, 3.63) is 12.2 Å². The number of nitrogens with one attached hydrogen (secondary N) is 1. The minimum atomic E-state index is -5.06. The maximum absolute atomic E-state index is 12.0. The minimum absolute atomic E-state index is 0.356. The lowest BCUT2D eigenvalue weighted by Gasteiger charge is -2.25. The second-order valence-corrected chi connectivity index (χ2v) is 3.83. The third kappa shape index (κ3) is 3.76. The first-order valence-corrected chi connectivity index (χ1v) is 5.08. The number of amides is 1. The van der Waals surface area contributed by atoms with E-state index in [1.54, 1.807) is 6.08 Å². The lowest BCUT2D eigenvalue weighted by molar-refractivity contribution is -0.176. The van der Waals surface area contributed by atoms with E-state index in [4.69, 9.17) is 5.11 Å². The zero-order valence-corrected chi connectivity index (χ0v) is 8.83. The lowest BCUT2D eigenvalue weighted by Crippen LogP contribution is -2.50. The number of carbonyl (C=O) groups is 2. The van der Waals surface area contributed by atoms with Crippen molar-refractivity contribution in [2.75, 3.05) is 0 Å². The van der Waals surface area contributed by atoms with Crippen LogP contribution in [-0.2, 0) is 9.59 Å². The van der Waals surface area contributed by atoms with Crippen LogP contribution < -0.4 is 5.32 Å². The monoisotopic (exact) mass is 251 g/mol. The van der Waals surface area contributed by atoms with Gasteiger partial charge in [-0.3, -0.25) is 4.79 Å². The first-order chi connectivity index (χ1) is 7.82. The topological polar surface area (TPSA) is 66.4 Å². The Morgan fingerprint density at radius 1 is 1.35 bits per heavy atom. The van der Waals surface area contributed by atoms with Gasteiger partial charge in [0.05, 0.1) is 0 Å². The number of rotatable bonds is 3. The number of allylic oxidation sites excluding steroid dienone is 2. The molecule has 0 aliphatic heterocycles. The molecule has 0 radical (unpaired) electrons. The van der Waals surface area contributed by atoms with E-state index in [2.05, 4.69) is 0 Å². The number of aliphatic carboxylic acids is 1. The zero-order chi connectivity index (χ0) is 13.1. The van der Waals surface area contributed by atoms with Gasteiger partial charge in [0.2, 0.25) is 0 Å². The average Bonchev–Trinajstić information content (AvgIpc) is 2.25. The standard InChI is InChI=1S/C10H12F3NO3/c11-10(12,13)9(17)14-7(8(15)16)6-4-2-1-3-5-6/h1-2,6-7H,3-5H2,(H,14,17)(H,15,16). The summed E-state index contributed by atoms with van der Waals surface area (Å²) in [4.78, 5) is 21.6. The molecule has 1 aliphatic carbocycles. The third-order valence-corrected chi connectivity index (χ3v) is 2.59. The van der Waals surface area contributed by atoms with Gasteiger partial charge in [0, 0.05) is 0 Å². The molecule has 96 valence electrons. The van der Waals surface area contributed by atoms with Gasteiger partial charge >= 0.3 is 18.1 Å². The van der Waals surface area contributed by atoms with Crippen LogP contribution in [0.1, 0.15) is 19.3 Å². The first-order valence-electron chi connectivity index (χ1n) is 5.08. The maximum atomic E-state index is 12.0. The Bertz CT molecular complexity index is 338. The van der Waals surface area contributed by atoms with Gasteiger partial charge in [-0.05, 0) is 25.2 Å². The predicted octanol–water partition coefficient (Wildman–Crippen LogP) is 1.47. The number of halogens is 3. The second kappa shape index (κ2) is 5.20. The number of carbonyl (C=O) groups excluding carboxylic acids is 1. The molecule has 0 spiro atoms. The normalized spacial score (nSPS) is 21.9. The van der Waals surface area contributed by atoms with Crippen LogP contribution in [0.15, 0.2) is 12.2 Å². The SMILES string of the molecule is O=C(O)C(NC(=O)C(F)(F)F)C1CC=CCC1. The van der Waals surface area contributed by atoms with E-state index in [1.165, 1.54) is 5.32 Å². The molecule has 1 rings (SSSR count). The highest BCUT2D eigenvalue weighted by Gasteiger charge is 2.42. The molecule has 0 bridgehead atoms. The predicted molar refractivity (Wildman–Crippen MR) is 52.1 cm³/mol. The van der Waals surface area contributed by atoms with Gasteiger partial charge in [-0.15, -0.1) is 0 Å². The minimum Gasteiger partial charge on any atom is -0.480 e. The van der Waals surface area contributed by atoms with E-state index < -0.39 is 30.0 Å². The summed E-state index contributed by atoms with van der Waals surface area (Å²) in [6.45, 7) is 0. The second-order valence-electron chi connectivity index (χ2n) is 3.83. The van der Waals surface area contributed by atoms with Crippen molar-refractivity contribution in [3.63, 3.8) is 0 Å². The van der Waals surface area contributed by atoms with Crippen LogP contribution in [0.5, 0.6) is 0 Å². The zero-order valence-electron chi connectivity index (χ0n) is 8.83. The number of hydrogen-bond donors (Lipinski definition) is 2. The average molecular weight is 251 g/mol. The Hall–Kier alpha value is -1.53. The van der Waals surface area contributed by atoms with Gasteiger partial charge in [-0.2, -0.15) is 13.2 Å². The Balaban J connectivity index is 2.70. The molecule has 7 heteroatoms. The van der Waals surface area contributed by atoms with Gasteiger partial charge in [0.25, 0.3) is 0 Å². The van der Waals surface area contributed by atoms with Crippen molar-refractivity contribution in [2.45, 2.75) is 31.5 Å². The van der Waals surface area contributed by atoms with Gasteiger partial charge in [0.15, 0.2) is 0 Å². The van der Waals surface area contributed by atoms with E-state index in [-0.39, 0.29) is 0 Å². The van der Waals surface area contributed by atoms with Crippen molar-refractivity contribution in [1.82, 2.24) is 5.32 Å². The highest BCUT2D eigenvalue weighted by atomic mass is 19.4. The van der Waals surface area contributed by atoms with Crippen LogP contribution in [0.2, 0.25) is 0 Å². The molecular formula is C10H12F3NO3. The molecule has 4 nitrogen and oxygen atoms in total. The highest BCUT2D eigenvalue weighted by Crippen LogP contribution is 2.23. The lowest BCUT2D eigenvalue weighted by atomic mass is 9.87. The molecule has 1 amide bonds. The first kappa shape index (κ1) is 13.5. The van der Waals surface area contributed by atoms with Gasteiger partial charge in [-0.1, -0.05) is 12.2 Å². The van der Waals surface area contributed by atoms with Crippen molar-refractivity contribution in [1.29, 1.82) is 0 Å². The number of carboxylic acid groups (broad SMARTS) is 1. The quantitative estimate of drug-likeness (QED) is 0.746. The van der Waals surface area contributed by atoms with E-state index in [0.29, 0.717) is 19.3 Å². The number of hydrogen-bond acceptors (Lipinski definition) is 2. The molecule has 0 fully saturated rings. The summed E-state index contributed by atoms with van der Waals surface area (Å²) in [5, 5.41) is 10.4. The van der Waals surface area contributed by atoms with Crippen LogP contribution >= 0.6 is 0 Å². The summed E-state index contributed by atoms with van der Waals surface area (Å²) in [5.41, 5.74) is 0. The van der Waals surface area contributed by atoms with Crippen LogP contribution in [0, 0.1) is 5.92 Å². The molecule has 0 heterocycles. The van der Waals surface area contributed by atoms with Crippen molar-refractivity contribution < 1.29 is 27.9 Å². The molecule has 0 saturated carbocycles. The van der Waals surface area contributed by atoms with E-state index in [1.807, 2.05) is 6.08 Å². The Labute approximate surface area is 95.5 Å². The number of carboxylic acids is 1. The molecule has 2 atom stereocenters. The summed E-state index contributed by atoms with van der Waals surface area (Å²) in [7, 11) is 0. The number of alkyl halides is 3. The summed E-state index contributed by atoms with van der Waals surface area (Å²) in [6, 6.07) is -1.49. The Morgan fingerprint density at radius 2 is 2.00 bits per heavy atom. The molecule has 0 aromatic heterocycles. The van der Waals surface area contributed by atoms with E-state index in [9.17, 15) is 22.8 Å². The summed E-state index contributed by atoms with van der Waals surface area (Å²) in [5.74, 6) is -4.15. The van der Waals surface area contributed by atoms with Crippen LogP contribution in [0.4, 0.5) is 13.2 Å². The summed E-state index contributed by atoms with van der Waals surface area (Å²) in [6.07, 6.45) is -0.0971. The fourth-order valence-electron chi connectivity index (χ4n) is 1.72.